The zero-order chi connectivity index (χ0) is 33.0. The van der Waals surface area contributed by atoms with Crippen LogP contribution in [0.2, 0.25) is 0 Å². The van der Waals surface area contributed by atoms with Crippen molar-refractivity contribution in [3.05, 3.63) is 0 Å². The number of methoxy groups -OCH3 is 6. The average molecular weight is 617 g/mol. The molecule has 262 valence electrons. The van der Waals surface area contributed by atoms with E-state index >= 15 is 0 Å². The van der Waals surface area contributed by atoms with Crippen LogP contribution < -0.4 is 0 Å². The minimum absolute atomic E-state index is 0. The van der Waals surface area contributed by atoms with Gasteiger partial charge in [0.25, 0.3) is 0 Å². The Bertz CT molecular complexity index is 412. The Kier molecular flexibility index (Phi) is 84.9. The first kappa shape index (κ1) is 56.5. The Morgan fingerprint density at radius 2 is 0.976 bits per heavy atom. The van der Waals surface area contributed by atoms with E-state index in [0.717, 1.165) is 51.9 Å². The molecule has 0 aliphatic carbocycles. The second kappa shape index (κ2) is 63.1. The quantitative estimate of drug-likeness (QED) is 0.111. The van der Waals surface area contributed by atoms with Crippen LogP contribution in [0.1, 0.15) is 127 Å². The molecule has 0 N–H and O–H groups in total. The van der Waals surface area contributed by atoms with Crippen LogP contribution in [0, 0.1) is 0 Å². The van der Waals surface area contributed by atoms with E-state index in [1.807, 2.05) is 13.8 Å². The zero-order valence-corrected chi connectivity index (χ0v) is 29.6. The molecule has 0 aliphatic heterocycles. The Hall–Kier alpha value is -1.26. The fourth-order valence-electron chi connectivity index (χ4n) is 2.08. The molecule has 0 rings (SSSR count). The number of hydrogen-bond donors (Lipinski definition) is 0. The predicted octanol–water partition coefficient (Wildman–Crippen LogP) is 8.30. The minimum atomic E-state index is -0.182. The number of ether oxygens (including phenoxy) is 7. The zero-order valence-electron chi connectivity index (χ0n) is 29.6. The number of unbranched alkanes of at least 4 members (excludes halogenated alkanes) is 5. The molecule has 42 heavy (non-hydrogen) atoms. The summed E-state index contributed by atoms with van der Waals surface area (Å²) in [4.78, 5) is 20.4. The molecule has 0 aromatic carbocycles. The summed E-state index contributed by atoms with van der Waals surface area (Å²) >= 11 is 0. The molecular formula is C33H76O9. The van der Waals surface area contributed by atoms with Crippen molar-refractivity contribution in [3.63, 3.8) is 0 Å². The first-order valence-electron chi connectivity index (χ1n) is 15.3. The van der Waals surface area contributed by atoms with Crippen molar-refractivity contribution in [2.75, 3.05) is 75.7 Å². The van der Waals surface area contributed by atoms with Gasteiger partial charge in [0, 0.05) is 68.7 Å². The number of hydrogen-bond acceptors (Lipinski definition) is 9. The highest BCUT2D eigenvalue weighted by Gasteiger charge is 1.95. The topological polar surface area (TPSA) is 98.8 Å². The van der Waals surface area contributed by atoms with Gasteiger partial charge in [0.1, 0.15) is 0 Å². The fourth-order valence-corrected chi connectivity index (χ4v) is 2.08. The molecule has 9 heteroatoms. The summed E-state index contributed by atoms with van der Waals surface area (Å²) in [5.41, 5.74) is 0. The summed E-state index contributed by atoms with van der Waals surface area (Å²) < 4.78 is 33.0. The molecule has 0 aliphatic rings. The molecule has 0 fully saturated rings. The third kappa shape index (κ3) is 97.9. The summed E-state index contributed by atoms with van der Waals surface area (Å²) in [6.07, 6.45) is 12.3. The molecule has 0 aromatic heterocycles. The molecule has 0 aromatic rings. The van der Waals surface area contributed by atoms with Gasteiger partial charge in [-0.15, -0.1) is 0 Å². The van der Waals surface area contributed by atoms with Gasteiger partial charge in [-0.3, -0.25) is 9.59 Å². The van der Waals surface area contributed by atoms with Crippen LogP contribution in [0.15, 0.2) is 0 Å². The van der Waals surface area contributed by atoms with Gasteiger partial charge in [-0.05, 0) is 32.6 Å². The second-order valence-electron chi connectivity index (χ2n) is 8.91. The third-order valence-electron chi connectivity index (χ3n) is 4.68. The lowest BCUT2D eigenvalue weighted by atomic mass is 10.3. The molecule has 0 saturated heterocycles. The van der Waals surface area contributed by atoms with Crippen molar-refractivity contribution in [1.29, 1.82) is 0 Å². The van der Waals surface area contributed by atoms with Gasteiger partial charge < -0.3 is 33.2 Å². The minimum Gasteiger partial charge on any atom is -0.469 e. The molecule has 0 amide bonds. The number of rotatable bonds is 18. The summed E-state index contributed by atoms with van der Waals surface area (Å²) in [5.74, 6) is -0.287. The van der Waals surface area contributed by atoms with Gasteiger partial charge in [-0.1, -0.05) is 80.6 Å². The third-order valence-corrected chi connectivity index (χ3v) is 4.68. The molecule has 1 unspecified atom stereocenters. The number of carbonyl (C=O) groups is 2. The van der Waals surface area contributed by atoms with Crippen molar-refractivity contribution in [1.82, 2.24) is 0 Å². The Morgan fingerprint density at radius 1 is 0.571 bits per heavy atom. The van der Waals surface area contributed by atoms with Crippen LogP contribution in [0.4, 0.5) is 0 Å². The van der Waals surface area contributed by atoms with Crippen LogP contribution >= 0.6 is 0 Å². The van der Waals surface area contributed by atoms with Crippen molar-refractivity contribution in [3.8, 4) is 0 Å². The van der Waals surface area contributed by atoms with E-state index in [-0.39, 0.29) is 25.5 Å². The number of esters is 2. The smallest absolute Gasteiger partial charge is 0.305 e. The highest BCUT2D eigenvalue weighted by atomic mass is 16.5. The lowest BCUT2D eigenvalue weighted by Gasteiger charge is -2.05. The Balaban J connectivity index is -0.0000000701. The molecule has 0 heterocycles. The van der Waals surface area contributed by atoms with Gasteiger partial charge in [-0.2, -0.15) is 0 Å². The molecule has 1 atom stereocenters. The van der Waals surface area contributed by atoms with Crippen LogP contribution in [-0.2, 0) is 42.7 Å². The highest BCUT2D eigenvalue weighted by Crippen LogP contribution is 1.94. The van der Waals surface area contributed by atoms with E-state index < -0.39 is 0 Å². The van der Waals surface area contributed by atoms with Gasteiger partial charge in [-0.25, -0.2) is 0 Å². The maximum absolute atomic E-state index is 10.3. The van der Waals surface area contributed by atoms with Gasteiger partial charge in [0.15, 0.2) is 0 Å². The Morgan fingerprint density at radius 3 is 1.21 bits per heavy atom. The number of carbonyl (C=O) groups excluding carboxylic acids is 2. The molecule has 0 spiro atoms. The van der Waals surface area contributed by atoms with Crippen LogP contribution in [0.5, 0.6) is 0 Å². The van der Waals surface area contributed by atoms with Crippen LogP contribution in [0.3, 0.4) is 0 Å². The standard InChI is InChI=1S/2C6H12O2.2C5H12O2.C5H12O.C5H12.CH4/c1-3-4-5-6(7)8-2;1-3-4-5-8-6(2)7;1-5(7-3)4-6-2;1-6-4-3-5-7-2;1-3-4-5-6-2;1-3-5-4-2;/h2*3-5H2,1-2H3;5H,4H2,1-3H3;3-5H2,1-2H3;3-5H2,1-2H3;3-5H2,1-2H3;1H4. The van der Waals surface area contributed by atoms with Crippen molar-refractivity contribution in [2.24, 2.45) is 0 Å². The molecular weight excluding hydrogens is 540 g/mol. The average Bonchev–Trinajstić information content (AvgIpc) is 2.97. The molecule has 0 bridgehead atoms. The molecule has 0 saturated carbocycles. The summed E-state index contributed by atoms with van der Waals surface area (Å²) in [6, 6.07) is 0. The molecule has 9 nitrogen and oxygen atoms in total. The monoisotopic (exact) mass is 617 g/mol. The normalized spacial score (nSPS) is 9.55. The SMILES string of the molecule is C.CCCCC.CCCCC(=O)OC.CCCCOC.CCCCOC(C)=O.COCC(C)OC.COCCCOC. The van der Waals surface area contributed by atoms with E-state index in [0.29, 0.717) is 19.6 Å². The predicted molar refractivity (Wildman–Crippen MR) is 179 cm³/mol. The van der Waals surface area contributed by atoms with Gasteiger partial charge in [0.2, 0.25) is 0 Å². The van der Waals surface area contributed by atoms with E-state index in [2.05, 4.69) is 37.2 Å². The van der Waals surface area contributed by atoms with Crippen molar-refractivity contribution in [2.45, 2.75) is 133 Å². The first-order chi connectivity index (χ1) is 19.6. The van der Waals surface area contributed by atoms with E-state index in [1.54, 1.807) is 35.5 Å². The largest absolute Gasteiger partial charge is 0.469 e. The summed E-state index contributed by atoms with van der Waals surface area (Å²) in [7, 11) is 9.86. The van der Waals surface area contributed by atoms with Crippen molar-refractivity contribution >= 4 is 11.9 Å². The van der Waals surface area contributed by atoms with E-state index in [1.165, 1.54) is 46.1 Å². The Labute approximate surface area is 263 Å². The molecule has 0 radical (unpaired) electrons. The fraction of sp³-hybridized carbons (Fsp3) is 0.939. The van der Waals surface area contributed by atoms with E-state index in [4.69, 9.17) is 23.7 Å². The van der Waals surface area contributed by atoms with Crippen molar-refractivity contribution < 1.29 is 42.7 Å². The summed E-state index contributed by atoms with van der Waals surface area (Å²) in [5, 5.41) is 0. The first-order valence-corrected chi connectivity index (χ1v) is 15.3. The summed E-state index contributed by atoms with van der Waals surface area (Å²) in [6.45, 7) is 17.8. The lowest BCUT2D eigenvalue weighted by molar-refractivity contribution is -0.141. The lowest BCUT2D eigenvalue weighted by Crippen LogP contribution is -2.11. The van der Waals surface area contributed by atoms with Gasteiger partial charge in [0.05, 0.1) is 26.4 Å². The van der Waals surface area contributed by atoms with Crippen LogP contribution in [-0.4, -0.2) is 93.7 Å². The van der Waals surface area contributed by atoms with E-state index in [9.17, 15) is 9.59 Å². The maximum Gasteiger partial charge on any atom is 0.305 e. The van der Waals surface area contributed by atoms with Crippen LogP contribution in [0.25, 0.3) is 0 Å². The second-order valence-corrected chi connectivity index (χ2v) is 8.91. The maximum atomic E-state index is 10.3. The van der Waals surface area contributed by atoms with Gasteiger partial charge >= 0.3 is 11.9 Å². The highest BCUT2D eigenvalue weighted by molar-refractivity contribution is 5.68.